The fraction of sp³-hybridized carbons (Fsp3) is 0.231. The van der Waals surface area contributed by atoms with Gasteiger partial charge in [-0.2, -0.15) is 0 Å². The highest BCUT2D eigenvalue weighted by Crippen LogP contribution is 2.23. The summed E-state index contributed by atoms with van der Waals surface area (Å²) in [7, 11) is 0. The van der Waals surface area contributed by atoms with Crippen LogP contribution in [0.3, 0.4) is 0 Å². The molecule has 2 rings (SSSR count). The largest absolute Gasteiger partial charge is 0.448 e. The molecule has 1 heterocycles. The van der Waals surface area contributed by atoms with E-state index in [0.29, 0.717) is 5.76 Å². The predicted octanol–water partition coefficient (Wildman–Crippen LogP) is 3.24. The number of hydrogen-bond donors (Lipinski definition) is 1. The van der Waals surface area contributed by atoms with Crippen molar-refractivity contribution in [1.82, 2.24) is 4.98 Å². The molecule has 1 aromatic heterocycles. The van der Waals surface area contributed by atoms with Gasteiger partial charge < -0.3 is 9.73 Å². The smallest absolute Gasteiger partial charge is 0.232 e. The third-order valence-corrected chi connectivity index (χ3v) is 3.22. The van der Waals surface area contributed by atoms with Crippen LogP contribution < -0.4 is 5.32 Å². The van der Waals surface area contributed by atoms with Gasteiger partial charge in [-0.25, -0.2) is 4.98 Å². The first-order valence-electron chi connectivity index (χ1n) is 5.51. The molecule has 0 spiro atoms. The van der Waals surface area contributed by atoms with Crippen molar-refractivity contribution in [3.8, 4) is 0 Å². The first-order valence-corrected chi connectivity index (χ1v) is 6.30. The molecule has 0 bridgehead atoms. The first-order chi connectivity index (χ1) is 8.56. The van der Waals surface area contributed by atoms with Crippen LogP contribution in [-0.4, -0.2) is 10.9 Å². The molecule has 0 saturated heterocycles. The summed E-state index contributed by atoms with van der Waals surface area (Å²) in [5.41, 5.74) is 2.63. The Hall–Kier alpha value is -1.62. The first kappa shape index (κ1) is 12.8. The van der Waals surface area contributed by atoms with E-state index < -0.39 is 0 Å². The Labute approximate surface area is 114 Å². The van der Waals surface area contributed by atoms with Gasteiger partial charge in [0.15, 0.2) is 6.39 Å². The lowest BCUT2D eigenvalue weighted by molar-refractivity contribution is -0.115. The number of anilines is 1. The average molecular weight is 309 g/mol. The molecular formula is C13H13BrN2O2. The quantitative estimate of drug-likeness (QED) is 0.947. The van der Waals surface area contributed by atoms with Crippen molar-refractivity contribution in [3.63, 3.8) is 0 Å². The van der Waals surface area contributed by atoms with Crippen LogP contribution in [0.1, 0.15) is 17.0 Å². The number of aryl methyl sites for hydroxylation is 2. The molecule has 5 heteroatoms. The van der Waals surface area contributed by atoms with Crippen LogP contribution >= 0.6 is 15.9 Å². The van der Waals surface area contributed by atoms with E-state index in [2.05, 4.69) is 26.2 Å². The lowest BCUT2D eigenvalue weighted by atomic mass is 10.2. The molecule has 94 valence electrons. The van der Waals surface area contributed by atoms with Crippen LogP contribution in [0.5, 0.6) is 0 Å². The molecule has 0 aliphatic carbocycles. The maximum absolute atomic E-state index is 11.8. The summed E-state index contributed by atoms with van der Waals surface area (Å²) in [6.07, 6.45) is 1.53. The van der Waals surface area contributed by atoms with E-state index in [0.717, 1.165) is 21.4 Å². The van der Waals surface area contributed by atoms with Gasteiger partial charge in [0.2, 0.25) is 5.91 Å². The van der Waals surface area contributed by atoms with E-state index in [4.69, 9.17) is 4.42 Å². The molecule has 0 fully saturated rings. The highest BCUT2D eigenvalue weighted by Gasteiger charge is 2.11. The van der Waals surface area contributed by atoms with Gasteiger partial charge in [-0.1, -0.05) is 6.07 Å². The molecule has 1 N–H and O–H groups in total. The molecule has 0 atom stereocenters. The molecular weight excluding hydrogens is 296 g/mol. The van der Waals surface area contributed by atoms with Gasteiger partial charge in [0.1, 0.15) is 5.76 Å². The summed E-state index contributed by atoms with van der Waals surface area (Å²) in [6, 6.07) is 5.76. The minimum atomic E-state index is -0.126. The molecule has 2 aromatic rings. The zero-order valence-corrected chi connectivity index (χ0v) is 11.7. The lowest BCUT2D eigenvalue weighted by Crippen LogP contribution is -2.15. The van der Waals surface area contributed by atoms with Crippen molar-refractivity contribution in [2.75, 3.05) is 5.32 Å². The zero-order chi connectivity index (χ0) is 13.1. The number of aromatic nitrogens is 1. The Morgan fingerprint density at radius 3 is 2.83 bits per heavy atom. The Kier molecular flexibility index (Phi) is 3.81. The van der Waals surface area contributed by atoms with Crippen molar-refractivity contribution in [2.45, 2.75) is 20.3 Å². The standard InChI is InChI=1S/C13H13BrN2O2/c1-8-3-4-11(10(14)5-8)16-13(17)6-12-9(2)15-7-18-12/h3-5,7H,6H2,1-2H3,(H,16,17). The van der Waals surface area contributed by atoms with Crippen LogP contribution in [0.15, 0.2) is 33.5 Å². The Morgan fingerprint density at radius 1 is 1.44 bits per heavy atom. The Balaban J connectivity index is 2.05. The number of carbonyl (C=O) groups is 1. The van der Waals surface area contributed by atoms with Gasteiger partial charge >= 0.3 is 0 Å². The number of oxazole rings is 1. The summed E-state index contributed by atoms with van der Waals surface area (Å²) >= 11 is 3.42. The van der Waals surface area contributed by atoms with Gasteiger partial charge in [-0.05, 0) is 47.5 Å². The van der Waals surface area contributed by atoms with Crippen LogP contribution in [0.4, 0.5) is 5.69 Å². The number of rotatable bonds is 3. The summed E-state index contributed by atoms with van der Waals surface area (Å²) in [4.78, 5) is 15.8. The molecule has 1 aromatic carbocycles. The predicted molar refractivity (Wildman–Crippen MR) is 72.5 cm³/mol. The molecule has 0 radical (unpaired) electrons. The van der Waals surface area contributed by atoms with Crippen LogP contribution in [0, 0.1) is 13.8 Å². The normalized spacial score (nSPS) is 10.4. The topological polar surface area (TPSA) is 55.1 Å². The van der Waals surface area contributed by atoms with Gasteiger partial charge in [0, 0.05) is 4.47 Å². The van der Waals surface area contributed by atoms with Gasteiger partial charge in [0.05, 0.1) is 17.8 Å². The third kappa shape index (κ3) is 2.98. The van der Waals surface area contributed by atoms with E-state index >= 15 is 0 Å². The van der Waals surface area contributed by atoms with E-state index in [1.54, 1.807) is 0 Å². The molecule has 4 nitrogen and oxygen atoms in total. The average Bonchev–Trinajstić information content (AvgIpc) is 2.69. The maximum atomic E-state index is 11.8. The maximum Gasteiger partial charge on any atom is 0.232 e. The number of halogens is 1. The summed E-state index contributed by atoms with van der Waals surface area (Å²) in [5.74, 6) is 0.468. The second-order valence-electron chi connectivity index (χ2n) is 4.07. The Morgan fingerprint density at radius 2 is 2.22 bits per heavy atom. The molecule has 0 aliphatic heterocycles. The second kappa shape index (κ2) is 5.35. The molecule has 0 unspecified atom stereocenters. The van der Waals surface area contributed by atoms with Crippen molar-refractivity contribution < 1.29 is 9.21 Å². The van der Waals surface area contributed by atoms with E-state index in [9.17, 15) is 4.79 Å². The SMILES string of the molecule is Cc1ccc(NC(=O)Cc2ocnc2C)c(Br)c1. The lowest BCUT2D eigenvalue weighted by Gasteiger charge is -2.07. The summed E-state index contributed by atoms with van der Waals surface area (Å²) < 4.78 is 6.00. The number of carbonyl (C=O) groups excluding carboxylic acids is 1. The zero-order valence-electron chi connectivity index (χ0n) is 10.2. The van der Waals surface area contributed by atoms with Crippen molar-refractivity contribution in [2.24, 2.45) is 0 Å². The van der Waals surface area contributed by atoms with E-state index in [-0.39, 0.29) is 12.3 Å². The summed E-state index contributed by atoms with van der Waals surface area (Å²) in [6.45, 7) is 3.81. The van der Waals surface area contributed by atoms with Crippen molar-refractivity contribution in [3.05, 3.63) is 46.1 Å². The molecule has 18 heavy (non-hydrogen) atoms. The minimum Gasteiger partial charge on any atom is -0.448 e. The number of benzene rings is 1. The van der Waals surface area contributed by atoms with Gasteiger partial charge in [-0.15, -0.1) is 0 Å². The van der Waals surface area contributed by atoms with Crippen molar-refractivity contribution >= 4 is 27.5 Å². The second-order valence-corrected chi connectivity index (χ2v) is 4.92. The fourth-order valence-electron chi connectivity index (χ4n) is 1.56. The monoisotopic (exact) mass is 308 g/mol. The molecule has 1 amide bonds. The van der Waals surface area contributed by atoms with E-state index in [1.807, 2.05) is 32.0 Å². The molecule has 0 saturated carbocycles. The highest BCUT2D eigenvalue weighted by molar-refractivity contribution is 9.10. The van der Waals surface area contributed by atoms with Crippen LogP contribution in [-0.2, 0) is 11.2 Å². The fourth-order valence-corrected chi connectivity index (χ4v) is 2.15. The number of nitrogens with zero attached hydrogens (tertiary/aromatic N) is 1. The van der Waals surface area contributed by atoms with Gasteiger partial charge in [0.25, 0.3) is 0 Å². The van der Waals surface area contributed by atoms with Gasteiger partial charge in [-0.3, -0.25) is 4.79 Å². The third-order valence-electron chi connectivity index (χ3n) is 2.56. The number of hydrogen-bond acceptors (Lipinski definition) is 3. The van der Waals surface area contributed by atoms with E-state index in [1.165, 1.54) is 6.39 Å². The number of amides is 1. The number of nitrogens with one attached hydrogen (secondary N) is 1. The van der Waals surface area contributed by atoms with Crippen molar-refractivity contribution in [1.29, 1.82) is 0 Å². The van der Waals surface area contributed by atoms with Crippen LogP contribution in [0.25, 0.3) is 0 Å². The molecule has 0 aliphatic rings. The Bertz CT molecular complexity index is 578. The van der Waals surface area contributed by atoms with Crippen LogP contribution in [0.2, 0.25) is 0 Å². The summed E-state index contributed by atoms with van der Waals surface area (Å²) in [5, 5.41) is 2.83. The highest BCUT2D eigenvalue weighted by atomic mass is 79.9. The minimum absolute atomic E-state index is 0.126.